The van der Waals surface area contributed by atoms with E-state index in [4.69, 9.17) is 33.0 Å². The van der Waals surface area contributed by atoms with Crippen LogP contribution >= 0.6 is 23.2 Å². The smallest absolute Gasteiger partial charge is 0.246 e. The standard InChI is InChI=1S/C25H20Cl2N4O2/c1-2-23(32)30-13-11-17(15-30)31-21-10-12-28-14-19(21)25(29-31)16-6-8-18(9-7-16)33-22-5-3-4-20(26)24(22)27/h2-10,12,14,17H,1,11,13,15H2/t17-/m1/s1. The number of likely N-dealkylation sites (tertiary alicyclic amines) is 1. The maximum absolute atomic E-state index is 12.0. The third-order valence-corrected chi connectivity index (χ3v) is 6.58. The lowest BCUT2D eigenvalue weighted by Gasteiger charge is -2.15. The van der Waals surface area contributed by atoms with Gasteiger partial charge < -0.3 is 9.64 Å². The number of carbonyl (C=O) groups excluding carboxylic acids is 1. The number of halogens is 2. The number of carbonyl (C=O) groups is 1. The molecule has 0 bridgehead atoms. The van der Waals surface area contributed by atoms with Crippen LogP contribution in [0.3, 0.4) is 0 Å². The molecule has 166 valence electrons. The van der Waals surface area contributed by atoms with Gasteiger partial charge in [-0.1, -0.05) is 35.8 Å². The monoisotopic (exact) mass is 478 g/mol. The molecule has 8 heteroatoms. The quantitative estimate of drug-likeness (QED) is 0.322. The van der Waals surface area contributed by atoms with Crippen LogP contribution in [-0.4, -0.2) is 38.7 Å². The van der Waals surface area contributed by atoms with Crippen LogP contribution in [0.1, 0.15) is 12.5 Å². The van der Waals surface area contributed by atoms with Crippen molar-refractivity contribution in [2.24, 2.45) is 0 Å². The maximum atomic E-state index is 12.0. The van der Waals surface area contributed by atoms with Gasteiger partial charge in [0.05, 0.1) is 16.6 Å². The molecule has 0 unspecified atom stereocenters. The number of fused-ring (bicyclic) bond motifs is 1. The summed E-state index contributed by atoms with van der Waals surface area (Å²) in [5.41, 5.74) is 2.76. The Bertz CT molecular complexity index is 1350. The van der Waals surface area contributed by atoms with E-state index < -0.39 is 0 Å². The van der Waals surface area contributed by atoms with E-state index in [2.05, 4.69) is 11.6 Å². The Labute approximate surface area is 201 Å². The van der Waals surface area contributed by atoms with Crippen LogP contribution < -0.4 is 4.74 Å². The van der Waals surface area contributed by atoms with Crippen molar-refractivity contribution in [3.63, 3.8) is 0 Å². The van der Waals surface area contributed by atoms with Crippen molar-refractivity contribution < 1.29 is 9.53 Å². The Kier molecular flexibility index (Phi) is 5.79. The number of hydrogen-bond donors (Lipinski definition) is 0. The van der Waals surface area contributed by atoms with E-state index in [0.29, 0.717) is 34.6 Å². The van der Waals surface area contributed by atoms with Crippen LogP contribution in [0.15, 0.2) is 73.6 Å². The molecule has 1 atom stereocenters. The van der Waals surface area contributed by atoms with Crippen LogP contribution in [0.2, 0.25) is 10.0 Å². The fraction of sp³-hybridized carbons (Fsp3) is 0.160. The Hall–Kier alpha value is -3.35. The zero-order chi connectivity index (χ0) is 22.9. The third-order valence-electron chi connectivity index (χ3n) is 5.78. The molecular formula is C25H20Cl2N4O2. The molecule has 0 radical (unpaired) electrons. The van der Waals surface area contributed by atoms with Crippen LogP contribution in [0.5, 0.6) is 11.5 Å². The van der Waals surface area contributed by atoms with Crippen molar-refractivity contribution in [2.75, 3.05) is 13.1 Å². The predicted molar refractivity (Wildman–Crippen MR) is 130 cm³/mol. The fourth-order valence-corrected chi connectivity index (χ4v) is 4.45. The first kappa shape index (κ1) is 21.5. The third kappa shape index (κ3) is 4.08. The SMILES string of the molecule is C=CC(=O)N1CC[C@@H](n2nc(-c3ccc(Oc4cccc(Cl)c4Cl)cc3)c3cnccc32)C1. The van der Waals surface area contributed by atoms with E-state index in [1.54, 1.807) is 29.3 Å². The minimum absolute atomic E-state index is 0.0498. The summed E-state index contributed by atoms with van der Waals surface area (Å²) in [7, 11) is 0. The average Bonchev–Trinajstić information content (AvgIpc) is 3.47. The number of nitrogens with zero attached hydrogens (tertiary/aromatic N) is 4. The summed E-state index contributed by atoms with van der Waals surface area (Å²) in [6.07, 6.45) is 5.79. The van der Waals surface area contributed by atoms with Gasteiger partial charge in [0.1, 0.15) is 22.2 Å². The molecule has 1 aliphatic heterocycles. The van der Waals surface area contributed by atoms with Crippen LogP contribution in [0.25, 0.3) is 22.2 Å². The lowest BCUT2D eigenvalue weighted by molar-refractivity contribution is -0.125. The van der Waals surface area contributed by atoms with Gasteiger partial charge in [-0.2, -0.15) is 5.10 Å². The van der Waals surface area contributed by atoms with Crippen molar-refractivity contribution >= 4 is 40.0 Å². The molecule has 0 N–H and O–H groups in total. The summed E-state index contributed by atoms with van der Waals surface area (Å²) in [5, 5.41) is 6.71. The van der Waals surface area contributed by atoms with Gasteiger partial charge in [0.15, 0.2) is 0 Å². The molecular weight excluding hydrogens is 459 g/mol. The zero-order valence-electron chi connectivity index (χ0n) is 17.6. The second kappa shape index (κ2) is 8.89. The molecule has 5 rings (SSSR count). The first-order valence-corrected chi connectivity index (χ1v) is 11.3. The molecule has 1 aliphatic rings. The molecule has 3 heterocycles. The molecule has 0 aliphatic carbocycles. The lowest BCUT2D eigenvalue weighted by atomic mass is 10.1. The average molecular weight is 479 g/mol. The number of pyridine rings is 1. The Balaban J connectivity index is 1.45. The van der Waals surface area contributed by atoms with Gasteiger partial charge in [0, 0.05) is 36.4 Å². The van der Waals surface area contributed by atoms with Crippen molar-refractivity contribution in [1.29, 1.82) is 0 Å². The number of ether oxygens (including phenoxy) is 1. The second-order valence-electron chi connectivity index (χ2n) is 7.80. The highest BCUT2D eigenvalue weighted by Gasteiger charge is 2.28. The summed E-state index contributed by atoms with van der Waals surface area (Å²) in [4.78, 5) is 18.1. The number of hydrogen-bond acceptors (Lipinski definition) is 4. The predicted octanol–water partition coefficient (Wildman–Crippen LogP) is 6.16. The molecule has 1 fully saturated rings. The van der Waals surface area contributed by atoms with E-state index in [1.807, 2.05) is 41.2 Å². The molecule has 33 heavy (non-hydrogen) atoms. The van der Waals surface area contributed by atoms with Gasteiger partial charge in [-0.25, -0.2) is 0 Å². The van der Waals surface area contributed by atoms with Crippen molar-refractivity contribution in [3.8, 4) is 22.8 Å². The van der Waals surface area contributed by atoms with E-state index in [1.165, 1.54) is 6.08 Å². The molecule has 1 saturated heterocycles. The molecule has 6 nitrogen and oxygen atoms in total. The number of aromatic nitrogens is 3. The van der Waals surface area contributed by atoms with Gasteiger partial charge in [0.25, 0.3) is 0 Å². The molecule has 1 amide bonds. The van der Waals surface area contributed by atoms with Crippen LogP contribution in [0, 0.1) is 0 Å². The minimum atomic E-state index is -0.0498. The Morgan fingerprint density at radius 3 is 2.76 bits per heavy atom. The molecule has 2 aromatic heterocycles. The van der Waals surface area contributed by atoms with Crippen LogP contribution in [0.4, 0.5) is 0 Å². The van der Waals surface area contributed by atoms with Gasteiger partial charge in [0.2, 0.25) is 5.91 Å². The highest BCUT2D eigenvalue weighted by molar-refractivity contribution is 6.42. The topological polar surface area (TPSA) is 60.2 Å². The van der Waals surface area contributed by atoms with Crippen molar-refractivity contribution in [2.45, 2.75) is 12.5 Å². The number of rotatable bonds is 5. The van der Waals surface area contributed by atoms with Gasteiger partial charge in [-0.3, -0.25) is 14.5 Å². The summed E-state index contributed by atoms with van der Waals surface area (Å²) >= 11 is 12.3. The Morgan fingerprint density at radius 1 is 1.15 bits per heavy atom. The second-order valence-corrected chi connectivity index (χ2v) is 8.58. The van der Waals surface area contributed by atoms with Gasteiger partial charge >= 0.3 is 0 Å². The summed E-state index contributed by atoms with van der Waals surface area (Å²) < 4.78 is 7.91. The highest BCUT2D eigenvalue weighted by Crippen LogP contribution is 2.36. The molecule has 0 spiro atoms. The van der Waals surface area contributed by atoms with Crippen LogP contribution in [-0.2, 0) is 4.79 Å². The maximum Gasteiger partial charge on any atom is 0.246 e. The lowest BCUT2D eigenvalue weighted by Crippen LogP contribution is -2.27. The first-order chi connectivity index (χ1) is 16.0. The van der Waals surface area contributed by atoms with E-state index >= 15 is 0 Å². The first-order valence-electron chi connectivity index (χ1n) is 10.5. The van der Waals surface area contributed by atoms with Gasteiger partial charge in [-0.15, -0.1) is 0 Å². The highest BCUT2D eigenvalue weighted by atomic mass is 35.5. The van der Waals surface area contributed by atoms with E-state index in [9.17, 15) is 4.79 Å². The van der Waals surface area contributed by atoms with Crippen molar-refractivity contribution in [1.82, 2.24) is 19.7 Å². The normalized spacial score (nSPS) is 15.7. The van der Waals surface area contributed by atoms with E-state index in [0.717, 1.165) is 28.6 Å². The van der Waals surface area contributed by atoms with Crippen molar-refractivity contribution in [3.05, 3.63) is 83.6 Å². The molecule has 4 aromatic rings. The number of benzene rings is 2. The zero-order valence-corrected chi connectivity index (χ0v) is 19.1. The largest absolute Gasteiger partial charge is 0.456 e. The summed E-state index contributed by atoms with van der Waals surface area (Å²) in [6, 6.07) is 15.0. The molecule has 2 aromatic carbocycles. The fourth-order valence-electron chi connectivity index (χ4n) is 4.12. The van der Waals surface area contributed by atoms with Gasteiger partial charge in [-0.05, 0) is 55.0 Å². The number of amides is 1. The minimum Gasteiger partial charge on any atom is -0.456 e. The molecule has 0 saturated carbocycles. The summed E-state index contributed by atoms with van der Waals surface area (Å²) in [5.74, 6) is 1.08. The van der Waals surface area contributed by atoms with E-state index in [-0.39, 0.29) is 11.9 Å². The Morgan fingerprint density at radius 2 is 1.97 bits per heavy atom. The summed E-state index contributed by atoms with van der Waals surface area (Å²) in [6.45, 7) is 4.89.